The lowest BCUT2D eigenvalue weighted by atomic mass is 10.2. The number of carboxylic acid groups (broad SMARTS) is 1. The second-order valence-corrected chi connectivity index (χ2v) is 5.31. The lowest BCUT2D eigenvalue weighted by molar-refractivity contribution is -0.268. The normalized spacial score (nSPS) is 11.6. The van der Waals surface area contributed by atoms with Gasteiger partial charge in [0.2, 0.25) is 5.16 Å². The monoisotopic (exact) mass is 304 g/mol. The molecule has 1 aromatic heterocycles. The van der Waals surface area contributed by atoms with Crippen LogP contribution in [0.4, 0.5) is 0 Å². The molecule has 2 rings (SSSR count). The van der Waals surface area contributed by atoms with E-state index >= 15 is 0 Å². The zero-order valence-corrected chi connectivity index (χ0v) is 12.2. The van der Waals surface area contributed by atoms with Crippen LogP contribution in [0.5, 0.6) is 5.75 Å². The molecule has 1 heterocycles. The Morgan fingerprint density at radius 2 is 2.33 bits per heavy atom. The largest absolute Gasteiger partial charge is 0.872 e. The number of carbonyl (C=O) groups is 1. The highest BCUT2D eigenvalue weighted by Gasteiger charge is 2.13. The number of aliphatic carboxylic acids is 1. The van der Waals surface area contributed by atoms with Gasteiger partial charge in [0, 0.05) is 6.42 Å². The number of aromatic nitrogens is 3. The van der Waals surface area contributed by atoms with E-state index in [4.69, 9.17) is 0 Å². The fourth-order valence-corrected chi connectivity index (χ4v) is 2.39. The quantitative estimate of drug-likeness (QED) is 0.625. The number of carboxylic acids is 1. The second kappa shape index (κ2) is 6.94. The summed E-state index contributed by atoms with van der Waals surface area (Å²) in [5.74, 6) is -0.522. The number of thioether (sulfide) groups is 1. The molecule has 21 heavy (non-hydrogen) atoms. The van der Waals surface area contributed by atoms with Crippen molar-refractivity contribution < 1.29 is 15.0 Å². The molecule has 0 aliphatic carbocycles. The Hall–Kier alpha value is -2.28. The summed E-state index contributed by atoms with van der Waals surface area (Å²) in [5, 5.41) is 27.6. The highest BCUT2D eigenvalue weighted by molar-refractivity contribution is 8.04. The number of hydrogen-bond acceptors (Lipinski definition) is 5. The third kappa shape index (κ3) is 4.35. The topological polar surface area (TPSA) is 102 Å². The van der Waals surface area contributed by atoms with E-state index in [1.807, 2.05) is 6.92 Å². The molecule has 2 N–H and O–H groups in total. The van der Waals surface area contributed by atoms with E-state index in [-0.39, 0.29) is 10.7 Å². The SMILES string of the molecule is CCCc1nc(S/C(=C\c2cccc([O-])c2)C(=O)O)n[nH]1. The summed E-state index contributed by atoms with van der Waals surface area (Å²) in [5.41, 5.74) is 0.539. The van der Waals surface area contributed by atoms with Crippen LogP contribution in [-0.4, -0.2) is 26.3 Å². The Kier molecular flexibility index (Phi) is 4.99. The van der Waals surface area contributed by atoms with Crippen LogP contribution in [0.25, 0.3) is 6.08 Å². The van der Waals surface area contributed by atoms with Crippen LogP contribution in [0.1, 0.15) is 24.7 Å². The van der Waals surface area contributed by atoms with Gasteiger partial charge in [-0.2, -0.15) is 0 Å². The summed E-state index contributed by atoms with van der Waals surface area (Å²) >= 11 is 0.950. The Balaban J connectivity index is 2.20. The van der Waals surface area contributed by atoms with Gasteiger partial charge in [-0.3, -0.25) is 5.10 Å². The van der Waals surface area contributed by atoms with Gasteiger partial charge in [-0.05, 0) is 29.8 Å². The number of rotatable bonds is 6. The maximum Gasteiger partial charge on any atom is 0.342 e. The van der Waals surface area contributed by atoms with Crippen molar-refractivity contribution in [3.8, 4) is 5.75 Å². The zero-order valence-electron chi connectivity index (χ0n) is 11.4. The average molecular weight is 304 g/mol. The van der Waals surface area contributed by atoms with Crippen LogP contribution in [-0.2, 0) is 11.2 Å². The summed E-state index contributed by atoms with van der Waals surface area (Å²) in [6.45, 7) is 2.02. The predicted octanol–water partition coefficient (Wildman–Crippen LogP) is 2.05. The number of nitrogens with one attached hydrogen (secondary N) is 1. The van der Waals surface area contributed by atoms with Crippen LogP contribution < -0.4 is 5.11 Å². The standard InChI is InChI=1S/C14H15N3O3S/c1-2-4-12-15-14(17-16-12)21-11(13(19)20)8-9-5-3-6-10(18)7-9/h3,5-8,18H,2,4H2,1H3,(H,19,20)(H,15,16,17)/p-1/b11-8-. The van der Waals surface area contributed by atoms with Crippen LogP contribution >= 0.6 is 11.8 Å². The van der Waals surface area contributed by atoms with Crippen molar-refractivity contribution in [3.05, 3.63) is 40.6 Å². The molecule has 110 valence electrons. The molecule has 2 aromatic rings. The summed E-state index contributed by atoms with van der Waals surface area (Å²) in [6.07, 6.45) is 3.12. The Morgan fingerprint density at radius 1 is 1.52 bits per heavy atom. The molecule has 0 fully saturated rings. The molecule has 0 aliphatic rings. The van der Waals surface area contributed by atoms with Crippen LogP contribution in [0.15, 0.2) is 34.3 Å². The van der Waals surface area contributed by atoms with E-state index in [1.165, 1.54) is 18.2 Å². The molecule has 0 saturated carbocycles. The van der Waals surface area contributed by atoms with Gasteiger partial charge in [0.25, 0.3) is 0 Å². The summed E-state index contributed by atoms with van der Waals surface area (Å²) in [6, 6.07) is 6.05. The van der Waals surface area contributed by atoms with Gasteiger partial charge in [-0.25, -0.2) is 9.78 Å². The average Bonchev–Trinajstić information content (AvgIpc) is 2.86. The summed E-state index contributed by atoms with van der Waals surface area (Å²) in [7, 11) is 0. The molecular weight excluding hydrogens is 290 g/mol. The number of aryl methyl sites for hydroxylation is 1. The van der Waals surface area contributed by atoms with Crippen molar-refractivity contribution >= 4 is 23.8 Å². The van der Waals surface area contributed by atoms with Crippen molar-refractivity contribution in [2.45, 2.75) is 24.9 Å². The molecular formula is C14H14N3O3S-. The third-order valence-corrected chi connectivity index (χ3v) is 3.44. The zero-order chi connectivity index (χ0) is 15.2. The maximum atomic E-state index is 11.3. The highest BCUT2D eigenvalue weighted by Crippen LogP contribution is 2.26. The first kappa shape index (κ1) is 15.1. The molecule has 0 unspecified atom stereocenters. The van der Waals surface area contributed by atoms with Crippen LogP contribution in [0.3, 0.4) is 0 Å². The highest BCUT2D eigenvalue weighted by atomic mass is 32.2. The van der Waals surface area contributed by atoms with Crippen molar-refractivity contribution in [3.63, 3.8) is 0 Å². The fraction of sp³-hybridized carbons (Fsp3) is 0.214. The minimum Gasteiger partial charge on any atom is -0.872 e. The van der Waals surface area contributed by atoms with Gasteiger partial charge in [0.15, 0.2) is 0 Å². The van der Waals surface area contributed by atoms with E-state index < -0.39 is 5.97 Å². The van der Waals surface area contributed by atoms with Crippen molar-refractivity contribution in [2.75, 3.05) is 0 Å². The smallest absolute Gasteiger partial charge is 0.342 e. The molecule has 0 atom stereocenters. The number of nitrogens with zero attached hydrogens (tertiary/aromatic N) is 2. The molecule has 0 spiro atoms. The molecule has 6 nitrogen and oxygen atoms in total. The van der Waals surface area contributed by atoms with E-state index in [2.05, 4.69) is 15.2 Å². The minimum absolute atomic E-state index is 0.0580. The number of benzene rings is 1. The van der Waals surface area contributed by atoms with E-state index in [1.54, 1.807) is 12.1 Å². The first-order valence-electron chi connectivity index (χ1n) is 6.39. The third-order valence-electron chi connectivity index (χ3n) is 2.57. The van der Waals surface area contributed by atoms with Gasteiger partial charge in [-0.1, -0.05) is 31.2 Å². The lowest BCUT2D eigenvalue weighted by Gasteiger charge is -2.05. The van der Waals surface area contributed by atoms with Gasteiger partial charge >= 0.3 is 5.97 Å². The van der Waals surface area contributed by atoms with Gasteiger partial charge in [-0.15, -0.1) is 10.8 Å². The van der Waals surface area contributed by atoms with Crippen LogP contribution in [0, 0.1) is 0 Å². The molecule has 0 radical (unpaired) electrons. The van der Waals surface area contributed by atoms with Crippen LogP contribution in [0.2, 0.25) is 0 Å². The van der Waals surface area contributed by atoms with Gasteiger partial charge < -0.3 is 10.2 Å². The van der Waals surface area contributed by atoms with E-state index in [0.29, 0.717) is 10.7 Å². The molecule has 0 amide bonds. The van der Waals surface area contributed by atoms with E-state index in [9.17, 15) is 15.0 Å². The summed E-state index contributed by atoms with van der Waals surface area (Å²) < 4.78 is 0. The Labute approximate surface area is 125 Å². The second-order valence-electron chi connectivity index (χ2n) is 4.30. The Bertz CT molecular complexity index is 667. The molecule has 0 aliphatic heterocycles. The van der Waals surface area contributed by atoms with Crippen molar-refractivity contribution in [1.29, 1.82) is 0 Å². The van der Waals surface area contributed by atoms with Crippen molar-refractivity contribution in [1.82, 2.24) is 15.2 Å². The number of hydrogen-bond donors (Lipinski definition) is 2. The number of aromatic amines is 1. The maximum absolute atomic E-state index is 11.3. The molecule has 1 aromatic carbocycles. The lowest BCUT2D eigenvalue weighted by Crippen LogP contribution is -1.97. The first-order valence-corrected chi connectivity index (χ1v) is 7.21. The van der Waals surface area contributed by atoms with Gasteiger partial charge in [0.05, 0.1) is 0 Å². The first-order chi connectivity index (χ1) is 10.1. The van der Waals surface area contributed by atoms with E-state index in [0.717, 1.165) is 30.4 Å². The summed E-state index contributed by atoms with van der Waals surface area (Å²) in [4.78, 5) is 15.6. The predicted molar refractivity (Wildman–Crippen MR) is 77.7 cm³/mol. The Morgan fingerprint density at radius 3 is 3.00 bits per heavy atom. The molecule has 7 heteroatoms. The van der Waals surface area contributed by atoms with Crippen molar-refractivity contribution in [2.24, 2.45) is 0 Å². The number of H-pyrrole nitrogens is 1. The molecule has 0 saturated heterocycles. The minimum atomic E-state index is -1.09. The molecule has 0 bridgehead atoms. The van der Waals surface area contributed by atoms with Gasteiger partial charge in [0.1, 0.15) is 10.7 Å². The fourth-order valence-electron chi connectivity index (χ4n) is 1.66.